The van der Waals surface area contributed by atoms with Crippen molar-refractivity contribution in [3.05, 3.63) is 11.1 Å². The molecule has 4 N–H and O–H groups in total. The number of amides is 1. The maximum atomic E-state index is 10.8. The van der Waals surface area contributed by atoms with E-state index in [1.165, 1.54) is 0 Å². The molecule has 0 aromatic heterocycles. The van der Waals surface area contributed by atoms with E-state index in [9.17, 15) is 4.79 Å². The summed E-state index contributed by atoms with van der Waals surface area (Å²) in [6, 6.07) is -0.211. The van der Waals surface area contributed by atoms with E-state index in [2.05, 4.69) is 0 Å². The van der Waals surface area contributed by atoms with E-state index in [0.717, 1.165) is 12.0 Å². The average Bonchev–Trinajstić information content (AvgIpc) is 1.85. The smallest absolute Gasteiger partial charge is 0.246 e. The van der Waals surface area contributed by atoms with Crippen molar-refractivity contribution in [3.63, 3.8) is 0 Å². The second-order valence-electron chi connectivity index (χ2n) is 2.79. The molecular formula is C8H16N2O. The third-order valence-electron chi connectivity index (χ3n) is 1.61. The monoisotopic (exact) mass is 156 g/mol. The number of allylic oxidation sites excluding steroid dienone is 1. The third-order valence-corrected chi connectivity index (χ3v) is 1.61. The van der Waals surface area contributed by atoms with Crippen LogP contribution in [0.25, 0.3) is 0 Å². The van der Waals surface area contributed by atoms with Gasteiger partial charge in [0.1, 0.15) is 0 Å². The van der Waals surface area contributed by atoms with Gasteiger partial charge < -0.3 is 11.5 Å². The van der Waals surface area contributed by atoms with Crippen LogP contribution in [0.4, 0.5) is 0 Å². The predicted molar refractivity (Wildman–Crippen MR) is 45.8 cm³/mol. The van der Waals surface area contributed by atoms with Crippen LogP contribution in [0.3, 0.4) is 0 Å². The summed E-state index contributed by atoms with van der Waals surface area (Å²) < 4.78 is 0. The maximum absolute atomic E-state index is 10.8. The summed E-state index contributed by atoms with van der Waals surface area (Å²) in [5.74, 6) is -0.403. The van der Waals surface area contributed by atoms with Crippen LogP contribution >= 0.6 is 0 Å². The molecule has 0 aromatic rings. The molecule has 0 fully saturated rings. The van der Waals surface area contributed by atoms with E-state index in [-0.39, 0.29) is 6.04 Å². The first-order valence-electron chi connectivity index (χ1n) is 3.73. The molecule has 0 aliphatic rings. The van der Waals surface area contributed by atoms with Gasteiger partial charge in [-0.2, -0.15) is 0 Å². The molecule has 0 bridgehead atoms. The van der Waals surface area contributed by atoms with Gasteiger partial charge in [0, 0.05) is 11.6 Å². The standard InChI is InChI=1S/C8H16N2O/c1-4-6(9)7(5(2)3)8(10)11/h6H,4,9H2,1-3H3,(H2,10,11). The predicted octanol–water partition coefficient (Wildman–Crippen LogP) is 0.545. The number of nitrogens with two attached hydrogens (primary N) is 2. The fourth-order valence-corrected chi connectivity index (χ4v) is 1.00. The van der Waals surface area contributed by atoms with Gasteiger partial charge in [-0.05, 0) is 20.3 Å². The Morgan fingerprint density at radius 2 is 1.91 bits per heavy atom. The van der Waals surface area contributed by atoms with Gasteiger partial charge in [0.05, 0.1) is 0 Å². The second kappa shape index (κ2) is 4.13. The van der Waals surface area contributed by atoms with Gasteiger partial charge in [0.25, 0.3) is 0 Å². The molecular weight excluding hydrogens is 140 g/mol. The molecule has 1 atom stereocenters. The average molecular weight is 156 g/mol. The van der Waals surface area contributed by atoms with Crippen LogP contribution in [0.5, 0.6) is 0 Å². The molecule has 3 heteroatoms. The van der Waals surface area contributed by atoms with E-state index >= 15 is 0 Å². The van der Waals surface area contributed by atoms with Crippen molar-refractivity contribution in [1.82, 2.24) is 0 Å². The van der Waals surface area contributed by atoms with Crippen molar-refractivity contribution in [3.8, 4) is 0 Å². The van der Waals surface area contributed by atoms with Crippen LogP contribution in [0.15, 0.2) is 11.1 Å². The van der Waals surface area contributed by atoms with Crippen molar-refractivity contribution in [1.29, 1.82) is 0 Å². The van der Waals surface area contributed by atoms with Gasteiger partial charge in [-0.1, -0.05) is 12.5 Å². The molecule has 3 nitrogen and oxygen atoms in total. The van der Waals surface area contributed by atoms with E-state index in [1.54, 1.807) is 0 Å². The van der Waals surface area contributed by atoms with Crippen LogP contribution in [-0.4, -0.2) is 11.9 Å². The Morgan fingerprint density at radius 1 is 1.45 bits per heavy atom. The first-order chi connectivity index (χ1) is 5.00. The number of hydrogen-bond acceptors (Lipinski definition) is 2. The molecule has 0 aliphatic heterocycles. The zero-order valence-electron chi connectivity index (χ0n) is 7.35. The van der Waals surface area contributed by atoms with Crippen molar-refractivity contribution >= 4 is 5.91 Å². The number of hydrogen-bond donors (Lipinski definition) is 2. The highest BCUT2D eigenvalue weighted by molar-refractivity contribution is 5.93. The van der Waals surface area contributed by atoms with Crippen LogP contribution in [0.2, 0.25) is 0 Å². The van der Waals surface area contributed by atoms with Crippen LogP contribution in [-0.2, 0) is 4.79 Å². The van der Waals surface area contributed by atoms with Gasteiger partial charge in [-0.15, -0.1) is 0 Å². The lowest BCUT2D eigenvalue weighted by Crippen LogP contribution is -2.31. The topological polar surface area (TPSA) is 69.1 Å². The first-order valence-corrected chi connectivity index (χ1v) is 3.73. The molecule has 0 heterocycles. The molecule has 0 rings (SSSR count). The zero-order chi connectivity index (χ0) is 9.02. The molecule has 1 amide bonds. The quantitative estimate of drug-likeness (QED) is 0.586. The SMILES string of the molecule is CCC(N)C(C(N)=O)=C(C)C. The lowest BCUT2D eigenvalue weighted by Gasteiger charge is -2.12. The van der Waals surface area contributed by atoms with E-state index in [0.29, 0.717) is 5.57 Å². The Hall–Kier alpha value is -0.830. The normalized spacial score (nSPS) is 12.4. The van der Waals surface area contributed by atoms with Gasteiger partial charge >= 0.3 is 0 Å². The fraction of sp³-hybridized carbons (Fsp3) is 0.625. The highest BCUT2D eigenvalue weighted by atomic mass is 16.1. The third kappa shape index (κ3) is 2.72. The van der Waals surface area contributed by atoms with Crippen molar-refractivity contribution < 1.29 is 4.79 Å². The second-order valence-corrected chi connectivity index (χ2v) is 2.79. The molecule has 0 spiro atoms. The Bertz CT molecular complexity index is 181. The summed E-state index contributed by atoms with van der Waals surface area (Å²) in [7, 11) is 0. The van der Waals surface area contributed by atoms with Crippen LogP contribution in [0.1, 0.15) is 27.2 Å². The number of carbonyl (C=O) groups excluding carboxylic acids is 1. The van der Waals surface area contributed by atoms with Crippen molar-refractivity contribution in [2.75, 3.05) is 0 Å². The largest absolute Gasteiger partial charge is 0.366 e. The molecule has 0 saturated carbocycles. The number of carbonyl (C=O) groups is 1. The van der Waals surface area contributed by atoms with Gasteiger partial charge in [-0.3, -0.25) is 4.79 Å². The summed E-state index contributed by atoms with van der Waals surface area (Å²) in [4.78, 5) is 10.8. The van der Waals surface area contributed by atoms with Gasteiger partial charge in [0.2, 0.25) is 5.91 Å². The number of primary amides is 1. The Balaban J connectivity index is 4.63. The van der Waals surface area contributed by atoms with Crippen LogP contribution in [0, 0.1) is 0 Å². The summed E-state index contributed by atoms with van der Waals surface area (Å²) in [5, 5.41) is 0. The van der Waals surface area contributed by atoms with Gasteiger partial charge in [-0.25, -0.2) is 0 Å². The van der Waals surface area contributed by atoms with E-state index in [4.69, 9.17) is 11.5 Å². The molecule has 1 unspecified atom stereocenters. The highest BCUT2D eigenvalue weighted by Crippen LogP contribution is 2.08. The summed E-state index contributed by atoms with van der Waals surface area (Å²) in [5.41, 5.74) is 12.3. The minimum atomic E-state index is -0.403. The fourth-order valence-electron chi connectivity index (χ4n) is 1.00. The Labute approximate surface area is 67.4 Å². The lowest BCUT2D eigenvalue weighted by atomic mass is 10.0. The lowest BCUT2D eigenvalue weighted by molar-refractivity contribution is -0.114. The molecule has 64 valence electrons. The minimum Gasteiger partial charge on any atom is -0.366 e. The maximum Gasteiger partial charge on any atom is 0.246 e. The minimum absolute atomic E-state index is 0.211. The van der Waals surface area contributed by atoms with Gasteiger partial charge in [0.15, 0.2) is 0 Å². The first kappa shape index (κ1) is 10.2. The summed E-state index contributed by atoms with van der Waals surface area (Å²) >= 11 is 0. The van der Waals surface area contributed by atoms with Crippen molar-refractivity contribution in [2.24, 2.45) is 11.5 Å². The van der Waals surface area contributed by atoms with Crippen molar-refractivity contribution in [2.45, 2.75) is 33.2 Å². The summed E-state index contributed by atoms with van der Waals surface area (Å²) in [6.07, 6.45) is 0.740. The Kier molecular flexibility index (Phi) is 3.82. The summed E-state index contributed by atoms with van der Waals surface area (Å²) in [6.45, 7) is 5.61. The van der Waals surface area contributed by atoms with Crippen LogP contribution < -0.4 is 11.5 Å². The molecule has 0 radical (unpaired) electrons. The number of rotatable bonds is 3. The molecule has 0 saturated heterocycles. The molecule has 11 heavy (non-hydrogen) atoms. The highest BCUT2D eigenvalue weighted by Gasteiger charge is 2.13. The zero-order valence-corrected chi connectivity index (χ0v) is 7.35. The molecule has 0 aliphatic carbocycles. The molecule has 0 aromatic carbocycles. The Morgan fingerprint density at radius 3 is 2.00 bits per heavy atom. The van der Waals surface area contributed by atoms with E-state index < -0.39 is 5.91 Å². The van der Waals surface area contributed by atoms with E-state index in [1.807, 2.05) is 20.8 Å².